The van der Waals surface area contributed by atoms with E-state index in [9.17, 15) is 34.0 Å². The van der Waals surface area contributed by atoms with Gasteiger partial charge in [-0.15, -0.1) is 0 Å². The molecule has 3 amide bonds. The number of nitrogens with one attached hydrogen (secondary N) is 1. The molecule has 6 aromatic carbocycles. The van der Waals surface area contributed by atoms with Crippen LogP contribution in [0.4, 0.5) is 23.1 Å². The number of carbonyl (C=O) groups is 3. The third-order valence-electron chi connectivity index (χ3n) is 20.9. The van der Waals surface area contributed by atoms with Crippen LogP contribution < -0.4 is 58.7 Å². The van der Waals surface area contributed by atoms with Crippen molar-refractivity contribution in [1.29, 1.82) is 5.26 Å². The fraction of sp³-hybridized carbons (Fsp3) is 0.279. The van der Waals surface area contributed by atoms with Gasteiger partial charge in [0.05, 0.1) is 35.4 Å². The Balaban J connectivity index is 0.000000137. The van der Waals surface area contributed by atoms with Crippen molar-refractivity contribution in [3.63, 3.8) is 0 Å². The maximum Gasteiger partial charge on any atom is 0.339 e. The third kappa shape index (κ3) is 17.1. The number of nitrogens with two attached hydrogens (primary N) is 3. The summed E-state index contributed by atoms with van der Waals surface area (Å²) < 4.78 is 27.1. The van der Waals surface area contributed by atoms with Crippen LogP contribution in [0.5, 0.6) is 28.7 Å². The van der Waals surface area contributed by atoms with E-state index in [2.05, 4.69) is 46.1 Å². The number of piperidine rings is 1. The zero-order chi connectivity index (χ0) is 80.7. The first-order chi connectivity index (χ1) is 56.4. The van der Waals surface area contributed by atoms with E-state index < -0.39 is 0 Å². The molecular formula is C86H85N21O9. The van der Waals surface area contributed by atoms with Crippen LogP contribution in [0, 0.1) is 29.7 Å². The van der Waals surface area contributed by atoms with Gasteiger partial charge in [0.2, 0.25) is 17.5 Å². The lowest BCUT2D eigenvalue weighted by molar-refractivity contribution is -0.128. The van der Waals surface area contributed by atoms with Crippen LogP contribution >= 0.6 is 0 Å². The van der Waals surface area contributed by atoms with Gasteiger partial charge in [-0.1, -0.05) is 60.7 Å². The number of nitrogens with zero attached hydrogens (tertiary/aromatic N) is 17. The van der Waals surface area contributed by atoms with Gasteiger partial charge >= 0.3 is 17.1 Å². The minimum absolute atomic E-state index is 0.0472. The van der Waals surface area contributed by atoms with Crippen molar-refractivity contribution in [2.24, 2.45) is 11.8 Å². The largest absolute Gasteiger partial charge is 0.490 e. The number of hydrogen-bond acceptors (Lipinski definition) is 20. The van der Waals surface area contributed by atoms with Crippen LogP contribution in [-0.2, 0) is 14.4 Å². The van der Waals surface area contributed by atoms with Crippen molar-refractivity contribution >= 4 is 74.4 Å². The van der Waals surface area contributed by atoms with E-state index in [1.54, 1.807) is 92.4 Å². The average molecular weight is 1560 g/mol. The smallest absolute Gasteiger partial charge is 0.339 e. The zero-order valence-electron chi connectivity index (χ0n) is 64.1. The number of hydrogen-bond donors (Lipinski definition) is 4. The van der Waals surface area contributed by atoms with E-state index >= 15 is 0 Å². The fourth-order valence-electron chi connectivity index (χ4n) is 14.4. The number of nitriles is 1. The standard InChI is InChI=1S/C30H29N7O3.C29H27N7O3.C27H29N7O3/c1-32-25(17-19-7-8-19)29(38)35-20-9-11-22(12-10-20)37-28-26(27(31)33-18-34-28)36(30(37)39)21-13-15-24(16-14-21)40-23-5-3-2-4-6-23;30-17-20(16-19-6-7-19)28(37)34-14-12-22(13-15-34)36-27-25(26(31)32-18-33-27)35(29(36)38)21-8-10-24(11-9-21)39-23-4-2-1-3-5-23;1-31(2)15-5-8-23(35)32(3)19-6-4-7-20(16-19)34-26-24(25(28)29-17-30-26)33(27(34)36)18-9-11-21(12-10-18)37-22-13-14-22/h2-6,13-20,22H,7-12H2,(H,35,38)(H2,31,33,34);1-5,8-11,16,18-19,22H,6-7,12-15H2,(H2,31,32,33);4-12,16-17,22H,13-15H2,1-3H3,(H2,28,29,30)/b25-17-;20-16+;8-5+. The van der Waals surface area contributed by atoms with Gasteiger partial charge in [-0.25, -0.2) is 53.7 Å². The number of carbonyl (C=O) groups excluding carboxylic acids is 3. The molecule has 7 N–H and O–H groups in total. The summed E-state index contributed by atoms with van der Waals surface area (Å²) in [6.45, 7) is 8.89. The van der Waals surface area contributed by atoms with Crippen molar-refractivity contribution in [2.45, 2.75) is 101 Å². The van der Waals surface area contributed by atoms with Crippen LogP contribution in [0.15, 0.2) is 227 Å². The molecule has 588 valence electrons. The molecular weight excluding hydrogens is 1470 g/mol. The van der Waals surface area contributed by atoms with Gasteiger partial charge in [-0.3, -0.25) is 37.2 Å². The number of allylic oxidation sites excluding steroid dienone is 2. The molecule has 12 aromatic rings. The summed E-state index contributed by atoms with van der Waals surface area (Å²) in [5.74, 6) is 4.07. The molecule has 0 atom stereocenters. The van der Waals surface area contributed by atoms with Gasteiger partial charge in [-0.05, 0) is 218 Å². The Hall–Kier alpha value is -14.3. The number of anilines is 4. The summed E-state index contributed by atoms with van der Waals surface area (Å²) >= 11 is 0. The molecule has 0 radical (unpaired) electrons. The lowest BCUT2D eigenvalue weighted by atomic mass is 9.91. The lowest BCUT2D eigenvalue weighted by Crippen LogP contribution is -2.41. The third-order valence-corrected chi connectivity index (χ3v) is 20.9. The molecule has 1 aliphatic heterocycles. The van der Waals surface area contributed by atoms with Crippen molar-refractivity contribution in [3.8, 4) is 57.6 Å². The highest BCUT2D eigenvalue weighted by Gasteiger charge is 2.34. The zero-order valence-corrected chi connectivity index (χ0v) is 64.1. The Morgan fingerprint density at radius 3 is 1.48 bits per heavy atom. The molecule has 0 spiro atoms. The van der Waals surface area contributed by atoms with Crippen molar-refractivity contribution < 1.29 is 28.6 Å². The van der Waals surface area contributed by atoms with Crippen molar-refractivity contribution in [3.05, 3.63) is 255 Å². The van der Waals surface area contributed by atoms with Gasteiger partial charge in [0.1, 0.15) is 75.9 Å². The summed E-state index contributed by atoms with van der Waals surface area (Å²) in [5, 5.41) is 12.5. The van der Waals surface area contributed by atoms with Crippen LogP contribution in [-0.4, -0.2) is 138 Å². The normalized spacial score (nSPS) is 16.4. The Bertz CT molecular complexity index is 6020. The first-order valence-electron chi connectivity index (χ1n) is 38.5. The Labute approximate surface area is 666 Å². The molecule has 30 nitrogen and oxygen atoms in total. The van der Waals surface area contributed by atoms with Crippen molar-refractivity contribution in [2.75, 3.05) is 62.9 Å². The first kappa shape index (κ1) is 77.1. The number of aromatic nitrogens is 12. The molecule has 6 aromatic heterocycles. The van der Waals surface area contributed by atoms with E-state index in [0.717, 1.165) is 50.0 Å². The summed E-state index contributed by atoms with van der Waals surface area (Å²) in [5.41, 5.74) is 23.9. The maximum absolute atomic E-state index is 13.9. The topological polar surface area (TPSA) is 365 Å². The predicted octanol–water partition coefficient (Wildman–Crippen LogP) is 11.5. The van der Waals surface area contributed by atoms with Crippen LogP contribution in [0.2, 0.25) is 0 Å². The highest BCUT2D eigenvalue weighted by molar-refractivity contribution is 6.01. The van der Waals surface area contributed by atoms with Crippen LogP contribution in [0.3, 0.4) is 0 Å². The Morgan fingerprint density at radius 1 is 0.534 bits per heavy atom. The number of benzene rings is 6. The molecule has 0 unspecified atom stereocenters. The first-order valence-corrected chi connectivity index (χ1v) is 38.5. The Morgan fingerprint density at radius 2 is 1.00 bits per heavy atom. The van der Waals surface area contributed by atoms with Gasteiger partial charge in [-0.2, -0.15) is 5.26 Å². The predicted molar refractivity (Wildman–Crippen MR) is 440 cm³/mol. The summed E-state index contributed by atoms with van der Waals surface area (Å²) in [6, 6.07) is 49.6. The summed E-state index contributed by atoms with van der Waals surface area (Å²) in [4.78, 5) is 114. The van der Waals surface area contributed by atoms with E-state index in [1.807, 2.05) is 128 Å². The quantitative estimate of drug-likeness (QED) is 0.0295. The van der Waals surface area contributed by atoms with Crippen molar-refractivity contribution in [1.82, 2.24) is 72.4 Å². The number of amides is 3. The molecule has 4 aliphatic carbocycles. The van der Waals surface area contributed by atoms with E-state index in [-0.39, 0.29) is 87.7 Å². The molecule has 0 bridgehead atoms. The number of likely N-dealkylation sites (tertiary alicyclic amines) is 1. The highest BCUT2D eigenvalue weighted by atomic mass is 16.5. The van der Waals surface area contributed by atoms with Crippen LogP contribution in [0.25, 0.3) is 61.1 Å². The second-order valence-electron chi connectivity index (χ2n) is 29.5. The average Bonchev–Trinajstić information content (AvgIpc) is 1.60. The molecule has 5 fully saturated rings. The summed E-state index contributed by atoms with van der Waals surface area (Å²) in [7, 11) is 5.56. The maximum atomic E-state index is 13.9. The molecule has 1 saturated heterocycles. The number of imidazole rings is 3. The molecule has 116 heavy (non-hydrogen) atoms. The van der Waals surface area contributed by atoms with Crippen LogP contribution in [0.1, 0.15) is 89.1 Å². The molecule has 5 aliphatic rings. The molecule has 30 heteroatoms. The second-order valence-corrected chi connectivity index (χ2v) is 29.5. The van der Waals surface area contributed by atoms with E-state index in [0.29, 0.717) is 149 Å². The van der Waals surface area contributed by atoms with Gasteiger partial charge in [0, 0.05) is 56.6 Å². The fourth-order valence-corrected chi connectivity index (χ4v) is 14.4. The molecule has 7 heterocycles. The molecule has 4 saturated carbocycles. The van der Waals surface area contributed by atoms with Gasteiger partial charge < -0.3 is 51.4 Å². The number of para-hydroxylation sites is 2. The Kier molecular flexibility index (Phi) is 22.6. The highest BCUT2D eigenvalue weighted by Crippen LogP contribution is 2.37. The number of ether oxygens (including phenoxy) is 3. The van der Waals surface area contributed by atoms with Gasteiger partial charge in [0.25, 0.3) is 5.91 Å². The lowest BCUT2D eigenvalue weighted by Gasteiger charge is -2.32. The number of nitrogen functional groups attached to an aromatic ring is 3. The summed E-state index contributed by atoms with van der Waals surface area (Å²) in [6.07, 6.45) is 21.4. The van der Waals surface area contributed by atoms with E-state index in [4.69, 9.17) is 38.0 Å². The second kappa shape index (κ2) is 34.0. The monoisotopic (exact) mass is 1560 g/mol. The number of fused-ring (bicyclic) bond motifs is 3. The SMILES string of the molecule is CN(C)C/C=C/C(=O)N(C)c1cccc(-n2c(=O)n(-c3ccc(OC4CC4)cc3)c3c(N)ncnc32)c1.N#C/C(=C\C1CC1)C(=O)N1CCC(n2c(=O)n(-c3ccc(Oc4ccccc4)cc3)c3c(N)ncnc32)CC1.[C-]#[N+]/C(=C\C1CC1)C(=O)NC1CCC(n2c(=O)n(-c3ccc(Oc4ccccc4)cc3)c3c(N)ncnc32)CC1. The molecule has 17 rings (SSSR count). The minimum Gasteiger partial charge on any atom is -0.490 e. The van der Waals surface area contributed by atoms with Gasteiger partial charge in [0.15, 0.2) is 34.4 Å². The minimum atomic E-state index is -0.352. The number of rotatable bonds is 21. The van der Waals surface area contributed by atoms with E-state index in [1.165, 1.54) is 43.7 Å². The number of likely N-dealkylation sites (N-methyl/N-ethyl adjacent to an activating group) is 2.